The quantitative estimate of drug-likeness (QED) is 0.195. The minimum Gasteiger partial charge on any atom is -0.454 e. The molecule has 2 aromatic heterocycles. The molecule has 0 amide bonds. The molecule has 0 bridgehead atoms. The second-order valence-corrected chi connectivity index (χ2v) is 13.1. The lowest BCUT2D eigenvalue weighted by atomic mass is 10.0. The highest BCUT2D eigenvalue weighted by Crippen LogP contribution is 2.48. The van der Waals surface area contributed by atoms with E-state index in [1.807, 2.05) is 11.3 Å². The molecule has 0 N–H and O–H groups in total. The fourth-order valence-electron chi connectivity index (χ4n) is 7.29. The van der Waals surface area contributed by atoms with E-state index in [-0.39, 0.29) is 0 Å². The van der Waals surface area contributed by atoms with E-state index >= 15 is 0 Å². The third-order valence-electron chi connectivity index (χ3n) is 9.45. The van der Waals surface area contributed by atoms with Gasteiger partial charge < -0.3 is 9.32 Å². The van der Waals surface area contributed by atoms with Crippen LogP contribution in [-0.4, -0.2) is 0 Å². The molecule has 0 atom stereocenters. The van der Waals surface area contributed by atoms with Gasteiger partial charge in [-0.3, -0.25) is 0 Å². The van der Waals surface area contributed by atoms with Gasteiger partial charge in [-0.05, 0) is 69.8 Å². The van der Waals surface area contributed by atoms with Gasteiger partial charge in [-0.2, -0.15) is 0 Å². The number of hydrogen-bond acceptors (Lipinski definition) is 3. The molecule has 8 aromatic carbocycles. The SMILES string of the molecule is c1ccc(-c2ccc(N(c3cccc4ccccc34)c3cccc4c3oc3ccc5c(sc6ccc7ccccc7c65)c34)cc2)cc1. The van der Waals surface area contributed by atoms with Crippen LogP contribution in [0.5, 0.6) is 0 Å². The number of fused-ring (bicyclic) bond motifs is 10. The van der Waals surface area contributed by atoms with Crippen molar-refractivity contribution in [3.8, 4) is 11.1 Å². The molecule has 220 valence electrons. The van der Waals surface area contributed by atoms with Crippen LogP contribution >= 0.6 is 11.3 Å². The van der Waals surface area contributed by atoms with Crippen LogP contribution in [0.1, 0.15) is 0 Å². The molecule has 0 spiro atoms. The largest absolute Gasteiger partial charge is 0.454 e. The number of hydrogen-bond donors (Lipinski definition) is 0. The lowest BCUT2D eigenvalue weighted by Crippen LogP contribution is -2.10. The summed E-state index contributed by atoms with van der Waals surface area (Å²) >= 11 is 1.86. The average molecular weight is 618 g/mol. The Morgan fingerprint density at radius 3 is 1.94 bits per heavy atom. The fourth-order valence-corrected chi connectivity index (χ4v) is 8.56. The molecular weight excluding hydrogens is 591 g/mol. The van der Waals surface area contributed by atoms with Crippen molar-refractivity contribution in [2.45, 2.75) is 0 Å². The van der Waals surface area contributed by atoms with Gasteiger partial charge in [-0.25, -0.2) is 0 Å². The van der Waals surface area contributed by atoms with Crippen LogP contribution in [0.4, 0.5) is 17.1 Å². The molecule has 0 fully saturated rings. The number of furan rings is 1. The third kappa shape index (κ3) is 4.04. The van der Waals surface area contributed by atoms with Crippen LogP contribution in [0, 0.1) is 0 Å². The van der Waals surface area contributed by atoms with Gasteiger partial charge in [-0.15, -0.1) is 11.3 Å². The minimum atomic E-state index is 0.886. The van der Waals surface area contributed by atoms with E-state index < -0.39 is 0 Å². The topological polar surface area (TPSA) is 16.4 Å². The van der Waals surface area contributed by atoms with Crippen LogP contribution in [0.25, 0.3) is 74.8 Å². The van der Waals surface area contributed by atoms with Crippen molar-refractivity contribution in [3.05, 3.63) is 164 Å². The van der Waals surface area contributed by atoms with Crippen molar-refractivity contribution in [2.75, 3.05) is 4.90 Å². The summed E-state index contributed by atoms with van der Waals surface area (Å²) in [5, 5.41) is 9.87. The average Bonchev–Trinajstić information content (AvgIpc) is 3.72. The van der Waals surface area contributed by atoms with Crippen molar-refractivity contribution >= 4 is 92.1 Å². The number of benzene rings is 8. The zero-order chi connectivity index (χ0) is 30.9. The van der Waals surface area contributed by atoms with Crippen molar-refractivity contribution in [2.24, 2.45) is 0 Å². The predicted molar refractivity (Wildman–Crippen MR) is 202 cm³/mol. The number of anilines is 3. The van der Waals surface area contributed by atoms with Gasteiger partial charge in [0.15, 0.2) is 5.58 Å². The monoisotopic (exact) mass is 617 g/mol. The van der Waals surface area contributed by atoms with Crippen molar-refractivity contribution in [1.29, 1.82) is 0 Å². The van der Waals surface area contributed by atoms with Gasteiger partial charge in [-0.1, -0.05) is 121 Å². The van der Waals surface area contributed by atoms with Gasteiger partial charge >= 0.3 is 0 Å². The highest BCUT2D eigenvalue weighted by Gasteiger charge is 2.23. The Balaban J connectivity index is 1.24. The number of thiophene rings is 1. The smallest absolute Gasteiger partial charge is 0.159 e. The van der Waals surface area contributed by atoms with E-state index in [1.165, 1.54) is 58.2 Å². The maximum Gasteiger partial charge on any atom is 0.159 e. The summed E-state index contributed by atoms with van der Waals surface area (Å²) in [4.78, 5) is 2.36. The molecule has 3 heteroatoms. The molecule has 0 aliphatic carbocycles. The van der Waals surface area contributed by atoms with Crippen LogP contribution in [0.2, 0.25) is 0 Å². The Morgan fingerprint density at radius 2 is 1.09 bits per heavy atom. The molecule has 0 radical (unpaired) electrons. The molecule has 10 rings (SSSR count). The van der Waals surface area contributed by atoms with Crippen molar-refractivity contribution in [1.82, 2.24) is 0 Å². The minimum absolute atomic E-state index is 0.886. The zero-order valence-electron chi connectivity index (χ0n) is 25.4. The number of rotatable bonds is 4. The van der Waals surface area contributed by atoms with E-state index in [0.717, 1.165) is 33.6 Å². The molecule has 47 heavy (non-hydrogen) atoms. The lowest BCUT2D eigenvalue weighted by Gasteiger charge is -2.27. The number of nitrogens with zero attached hydrogens (tertiary/aromatic N) is 1. The fraction of sp³-hybridized carbons (Fsp3) is 0. The highest BCUT2D eigenvalue weighted by molar-refractivity contribution is 7.27. The van der Waals surface area contributed by atoms with Crippen molar-refractivity contribution < 1.29 is 4.42 Å². The zero-order valence-corrected chi connectivity index (χ0v) is 26.2. The second kappa shape index (κ2) is 10.3. The summed E-state index contributed by atoms with van der Waals surface area (Å²) in [6.45, 7) is 0. The maximum absolute atomic E-state index is 6.87. The standard InChI is InChI=1S/C44H27NOS/c1-2-10-28(11-3-1)29-20-23-32(24-21-29)45(37-18-8-14-30-12-4-6-15-33(30)37)38-19-9-17-35-42-39(46-43(35)38)26-25-36-41-34-16-7-5-13-31(34)22-27-40(41)47-44(36)42/h1-27H. The van der Waals surface area contributed by atoms with Crippen LogP contribution in [0.3, 0.4) is 0 Å². The molecule has 0 aliphatic rings. The van der Waals surface area contributed by atoms with Crippen molar-refractivity contribution in [3.63, 3.8) is 0 Å². The lowest BCUT2D eigenvalue weighted by molar-refractivity contribution is 0.669. The molecular formula is C44H27NOS. The van der Waals surface area contributed by atoms with Gasteiger partial charge in [0.2, 0.25) is 0 Å². The second-order valence-electron chi connectivity index (χ2n) is 12.1. The summed E-state index contributed by atoms with van der Waals surface area (Å²) in [6.07, 6.45) is 0. The number of para-hydroxylation sites is 1. The Bertz CT molecular complexity index is 2790. The molecule has 2 heterocycles. The molecule has 2 nitrogen and oxygen atoms in total. The first-order chi connectivity index (χ1) is 23.3. The molecule has 0 unspecified atom stereocenters. The van der Waals surface area contributed by atoms with E-state index in [2.05, 4.69) is 169 Å². The van der Waals surface area contributed by atoms with Crippen LogP contribution in [-0.2, 0) is 0 Å². The Kier molecular flexibility index (Phi) is 5.78. The Hall–Kier alpha value is -5.90. The van der Waals surface area contributed by atoms with Gasteiger partial charge in [0.05, 0.1) is 11.4 Å². The molecule has 0 saturated heterocycles. The Morgan fingerprint density at radius 1 is 0.426 bits per heavy atom. The normalized spacial score (nSPS) is 11.8. The summed E-state index contributed by atoms with van der Waals surface area (Å²) in [7, 11) is 0. The first kappa shape index (κ1) is 26.3. The highest BCUT2D eigenvalue weighted by atomic mass is 32.1. The first-order valence-corrected chi connectivity index (χ1v) is 16.7. The first-order valence-electron chi connectivity index (χ1n) is 15.9. The van der Waals surface area contributed by atoms with E-state index in [0.29, 0.717) is 0 Å². The summed E-state index contributed by atoms with van der Waals surface area (Å²) in [5.74, 6) is 0. The van der Waals surface area contributed by atoms with E-state index in [4.69, 9.17) is 4.42 Å². The van der Waals surface area contributed by atoms with Crippen LogP contribution in [0.15, 0.2) is 168 Å². The van der Waals surface area contributed by atoms with Gasteiger partial charge in [0.25, 0.3) is 0 Å². The van der Waals surface area contributed by atoms with Gasteiger partial charge in [0, 0.05) is 42.0 Å². The molecule has 0 aliphatic heterocycles. The maximum atomic E-state index is 6.87. The molecule has 10 aromatic rings. The summed E-state index contributed by atoms with van der Waals surface area (Å²) in [5.41, 5.74) is 7.39. The molecule has 0 saturated carbocycles. The summed E-state index contributed by atoms with van der Waals surface area (Å²) in [6, 6.07) is 58.7. The third-order valence-corrected chi connectivity index (χ3v) is 10.6. The van der Waals surface area contributed by atoms with Gasteiger partial charge in [0.1, 0.15) is 5.58 Å². The summed E-state index contributed by atoms with van der Waals surface area (Å²) < 4.78 is 9.44. The van der Waals surface area contributed by atoms with E-state index in [1.54, 1.807) is 0 Å². The Labute approximate surface area is 275 Å². The van der Waals surface area contributed by atoms with E-state index in [9.17, 15) is 0 Å². The van der Waals surface area contributed by atoms with Crippen LogP contribution < -0.4 is 4.90 Å². The predicted octanol–water partition coefficient (Wildman–Crippen LogP) is 13.4.